The Bertz CT molecular complexity index is 1000. The Morgan fingerprint density at radius 1 is 1.00 bits per heavy atom. The predicted molar refractivity (Wildman–Crippen MR) is 134 cm³/mol. The van der Waals surface area contributed by atoms with Crippen molar-refractivity contribution in [3.05, 3.63) is 83.4 Å². The van der Waals surface area contributed by atoms with Gasteiger partial charge in [0, 0.05) is 23.4 Å². The maximum absolute atomic E-state index is 5.87. The van der Waals surface area contributed by atoms with E-state index in [1.165, 1.54) is 42.3 Å². The van der Waals surface area contributed by atoms with Crippen molar-refractivity contribution in [3.63, 3.8) is 0 Å². The van der Waals surface area contributed by atoms with Gasteiger partial charge in [0.2, 0.25) is 0 Å². The Morgan fingerprint density at radius 2 is 1.74 bits per heavy atom. The highest BCUT2D eigenvalue weighted by molar-refractivity contribution is 7.79. The fourth-order valence-corrected chi connectivity index (χ4v) is 4.42. The lowest BCUT2D eigenvalue weighted by molar-refractivity contribution is 0.119. The van der Waals surface area contributed by atoms with Gasteiger partial charge in [-0.3, -0.25) is 0 Å². The summed E-state index contributed by atoms with van der Waals surface area (Å²) in [5.41, 5.74) is 4.24. The minimum absolute atomic E-state index is 0.634. The van der Waals surface area contributed by atoms with E-state index >= 15 is 0 Å². The number of oxime groups is 1. The van der Waals surface area contributed by atoms with Crippen LogP contribution < -0.4 is 0 Å². The van der Waals surface area contributed by atoms with Crippen LogP contribution in [0.15, 0.2) is 71.9 Å². The van der Waals surface area contributed by atoms with E-state index in [1.54, 1.807) is 0 Å². The molecule has 4 heteroatoms. The third kappa shape index (κ3) is 5.69. The molecule has 0 radical (unpaired) electrons. The number of thiol groups is 1. The maximum Gasteiger partial charge on any atom is 0.118 e. The molecule has 0 atom stereocenters. The van der Waals surface area contributed by atoms with Gasteiger partial charge in [0.1, 0.15) is 12.3 Å². The molecule has 1 fully saturated rings. The van der Waals surface area contributed by atoms with Crippen molar-refractivity contribution >= 4 is 29.1 Å². The van der Waals surface area contributed by atoms with Gasteiger partial charge < -0.3 is 9.74 Å². The van der Waals surface area contributed by atoms with E-state index in [0.29, 0.717) is 6.61 Å². The quantitative estimate of drug-likeness (QED) is 0.199. The van der Waals surface area contributed by atoms with Crippen molar-refractivity contribution in [1.29, 1.82) is 0 Å². The third-order valence-corrected chi connectivity index (χ3v) is 6.56. The molecule has 4 rings (SSSR count). The Labute approximate surface area is 191 Å². The van der Waals surface area contributed by atoms with E-state index < -0.39 is 0 Å². The molecule has 0 aromatic heterocycles. The number of hydrogen-bond acceptors (Lipinski definition) is 4. The molecular weight excluding hydrogens is 400 g/mol. The van der Waals surface area contributed by atoms with Crippen LogP contribution in [0.25, 0.3) is 10.8 Å². The van der Waals surface area contributed by atoms with Gasteiger partial charge >= 0.3 is 0 Å². The fourth-order valence-electron chi connectivity index (χ4n) is 4.21. The van der Waals surface area contributed by atoms with Crippen molar-refractivity contribution in [3.8, 4) is 0 Å². The normalized spacial score (nSPS) is 16.0. The van der Waals surface area contributed by atoms with Crippen LogP contribution in [0.2, 0.25) is 0 Å². The summed E-state index contributed by atoms with van der Waals surface area (Å²) in [4.78, 5) is 8.42. The van der Waals surface area contributed by atoms with Crippen LogP contribution in [0.3, 0.4) is 0 Å². The summed E-state index contributed by atoms with van der Waals surface area (Å²) in [6, 6.07) is 23.3. The average molecular weight is 433 g/mol. The Kier molecular flexibility index (Phi) is 7.66. The summed E-state index contributed by atoms with van der Waals surface area (Å²) in [5.74, 6) is 1.60. The van der Waals surface area contributed by atoms with Crippen molar-refractivity contribution in [1.82, 2.24) is 4.90 Å². The number of benzene rings is 3. The van der Waals surface area contributed by atoms with Gasteiger partial charge in [0.25, 0.3) is 0 Å². The van der Waals surface area contributed by atoms with Crippen LogP contribution in [-0.4, -0.2) is 36.9 Å². The minimum atomic E-state index is 0.634. The molecule has 0 spiro atoms. The molecule has 3 aromatic carbocycles. The highest BCUT2D eigenvalue weighted by Crippen LogP contribution is 2.23. The average Bonchev–Trinajstić information content (AvgIpc) is 2.82. The molecule has 0 amide bonds. The molecule has 0 bridgehead atoms. The van der Waals surface area contributed by atoms with E-state index in [9.17, 15) is 0 Å². The van der Waals surface area contributed by atoms with E-state index in [0.717, 1.165) is 41.5 Å². The van der Waals surface area contributed by atoms with Crippen LogP contribution in [0, 0.1) is 5.92 Å². The predicted octanol–water partition coefficient (Wildman–Crippen LogP) is 6.16. The summed E-state index contributed by atoms with van der Waals surface area (Å²) in [7, 11) is 0. The zero-order valence-corrected chi connectivity index (χ0v) is 19.2. The zero-order chi connectivity index (χ0) is 21.5. The van der Waals surface area contributed by atoms with E-state index in [1.807, 2.05) is 0 Å². The van der Waals surface area contributed by atoms with Crippen molar-refractivity contribution in [2.75, 3.05) is 26.2 Å². The number of piperidine rings is 1. The molecule has 3 aromatic rings. The topological polar surface area (TPSA) is 24.8 Å². The number of likely N-dealkylation sites (tertiary alicyclic amines) is 1. The van der Waals surface area contributed by atoms with Gasteiger partial charge in [0.15, 0.2) is 0 Å². The van der Waals surface area contributed by atoms with Crippen molar-refractivity contribution in [2.45, 2.75) is 31.9 Å². The van der Waals surface area contributed by atoms with Crippen LogP contribution in [-0.2, 0) is 10.6 Å². The summed E-state index contributed by atoms with van der Waals surface area (Å²) < 4.78 is 0. The monoisotopic (exact) mass is 432 g/mol. The van der Waals surface area contributed by atoms with E-state index in [-0.39, 0.29) is 0 Å². The Morgan fingerprint density at radius 3 is 2.52 bits per heavy atom. The highest BCUT2D eigenvalue weighted by atomic mass is 32.1. The molecular formula is C27H32N2OS. The molecule has 1 heterocycles. The third-order valence-electron chi connectivity index (χ3n) is 6.20. The van der Waals surface area contributed by atoms with Gasteiger partial charge in [-0.1, -0.05) is 78.8 Å². The van der Waals surface area contributed by atoms with Gasteiger partial charge in [-0.2, -0.15) is 12.6 Å². The van der Waals surface area contributed by atoms with Crippen LogP contribution in [0.4, 0.5) is 0 Å². The molecule has 31 heavy (non-hydrogen) atoms. The first kappa shape index (κ1) is 21.9. The summed E-state index contributed by atoms with van der Waals surface area (Å²) >= 11 is 4.38. The molecule has 1 saturated heterocycles. The molecule has 1 aliphatic heterocycles. The summed E-state index contributed by atoms with van der Waals surface area (Å²) in [5, 5.41) is 7.04. The first-order valence-corrected chi connectivity index (χ1v) is 12.0. The molecule has 0 saturated carbocycles. The second kappa shape index (κ2) is 10.8. The first-order chi connectivity index (χ1) is 15.2. The van der Waals surface area contributed by atoms with Crippen molar-refractivity contribution < 1.29 is 4.84 Å². The molecule has 0 unspecified atom stereocenters. The lowest BCUT2D eigenvalue weighted by Gasteiger charge is -2.29. The highest BCUT2D eigenvalue weighted by Gasteiger charge is 2.15. The van der Waals surface area contributed by atoms with Gasteiger partial charge in [-0.05, 0) is 54.6 Å². The summed E-state index contributed by atoms with van der Waals surface area (Å²) in [6.45, 7) is 6.50. The maximum atomic E-state index is 5.87. The van der Waals surface area contributed by atoms with E-state index in [2.05, 4.69) is 96.3 Å². The zero-order valence-electron chi connectivity index (χ0n) is 18.3. The van der Waals surface area contributed by atoms with E-state index in [4.69, 9.17) is 4.84 Å². The number of hydrogen-bond donors (Lipinski definition) is 1. The largest absolute Gasteiger partial charge is 0.395 e. The van der Waals surface area contributed by atoms with Crippen molar-refractivity contribution in [2.24, 2.45) is 11.1 Å². The molecule has 0 N–H and O–H groups in total. The number of nitrogens with zero attached hydrogens (tertiary/aromatic N) is 2. The minimum Gasteiger partial charge on any atom is -0.395 e. The Balaban J connectivity index is 1.51. The number of fused-ring (bicyclic) bond motifs is 1. The lowest BCUT2D eigenvalue weighted by atomic mass is 9.96. The van der Waals surface area contributed by atoms with Gasteiger partial charge in [-0.25, -0.2) is 0 Å². The smallest absolute Gasteiger partial charge is 0.118 e. The standard InChI is InChI=1S/C27H32N2OS/c1-21-14-17-29(18-15-21)16-5-19-30-28-27(24-12-10-22(20-31)11-13-24)26-9-4-7-23-6-2-3-8-25(23)26/h2-4,6-13,21,31H,5,14-20H2,1H3/b28-27-. The fraction of sp³-hybridized carbons (Fsp3) is 0.370. The second-order valence-corrected chi connectivity index (χ2v) is 8.85. The van der Waals surface area contributed by atoms with Gasteiger partial charge in [0.05, 0.1) is 0 Å². The molecule has 3 nitrogen and oxygen atoms in total. The number of rotatable bonds is 8. The second-order valence-electron chi connectivity index (χ2n) is 8.53. The molecule has 1 aliphatic rings. The SMILES string of the molecule is CC1CCN(CCCO/N=C(/c2ccc(CS)cc2)c2cccc3ccccc23)CC1. The molecule has 0 aliphatic carbocycles. The van der Waals surface area contributed by atoms with Crippen LogP contribution in [0.5, 0.6) is 0 Å². The molecule has 162 valence electrons. The van der Waals surface area contributed by atoms with Gasteiger partial charge in [-0.15, -0.1) is 0 Å². The van der Waals surface area contributed by atoms with Crippen LogP contribution >= 0.6 is 12.6 Å². The Hall–Kier alpha value is -2.30. The lowest BCUT2D eigenvalue weighted by Crippen LogP contribution is -2.33. The summed E-state index contributed by atoms with van der Waals surface area (Å²) in [6.07, 6.45) is 3.62. The first-order valence-electron chi connectivity index (χ1n) is 11.3. The van der Waals surface area contributed by atoms with Crippen LogP contribution in [0.1, 0.15) is 42.9 Å².